The number of rotatable bonds is 4. The van der Waals surface area contributed by atoms with Crippen molar-refractivity contribution >= 4 is 28.7 Å². The molecule has 3 aliphatic heterocycles. The molecule has 1 aromatic carbocycles. The fraction of sp³-hybridized carbons (Fsp3) is 0.462. The summed E-state index contributed by atoms with van der Waals surface area (Å²) in [6, 6.07) is 9.88. The van der Waals surface area contributed by atoms with E-state index in [4.69, 9.17) is 9.84 Å². The van der Waals surface area contributed by atoms with Crippen LogP contribution in [0.25, 0.3) is 22.2 Å². The molecule has 36 heavy (non-hydrogen) atoms. The van der Waals surface area contributed by atoms with E-state index in [9.17, 15) is 9.59 Å². The molecule has 2 fully saturated rings. The highest BCUT2D eigenvalue weighted by atomic mass is 16.5. The van der Waals surface area contributed by atoms with Gasteiger partial charge in [0.1, 0.15) is 0 Å². The number of ether oxygens (including phenoxy) is 1. The van der Waals surface area contributed by atoms with Gasteiger partial charge in [-0.05, 0) is 44.0 Å². The maximum atomic E-state index is 12.8. The first-order chi connectivity index (χ1) is 17.5. The van der Waals surface area contributed by atoms with Gasteiger partial charge in [-0.1, -0.05) is 6.07 Å². The molecule has 3 aliphatic rings. The van der Waals surface area contributed by atoms with E-state index in [0.29, 0.717) is 19.8 Å². The molecule has 5 heterocycles. The Balaban J connectivity index is 1.27. The minimum atomic E-state index is -0.165. The molecule has 2 saturated heterocycles. The molecular weight excluding hydrogens is 458 g/mol. The lowest BCUT2D eigenvalue weighted by Crippen LogP contribution is -2.50. The molecule has 2 N–H and O–H groups in total. The molecule has 1 spiro atoms. The van der Waals surface area contributed by atoms with E-state index in [1.807, 2.05) is 42.3 Å². The van der Waals surface area contributed by atoms with Crippen molar-refractivity contribution in [1.29, 1.82) is 0 Å². The summed E-state index contributed by atoms with van der Waals surface area (Å²) in [7, 11) is 1.79. The van der Waals surface area contributed by atoms with Crippen molar-refractivity contribution in [3.63, 3.8) is 0 Å². The van der Waals surface area contributed by atoms with Crippen LogP contribution in [0.3, 0.4) is 0 Å². The number of nitrogens with one attached hydrogen (secondary N) is 2. The number of hydrogen-bond donors (Lipinski definition) is 2. The number of hydrogen-bond acceptors (Lipinski definition) is 5. The molecule has 3 aromatic rings. The molecule has 0 radical (unpaired) electrons. The minimum Gasteiger partial charge on any atom is -0.377 e. The molecule has 1 atom stereocenters. The van der Waals surface area contributed by atoms with Gasteiger partial charge in [0, 0.05) is 61.5 Å². The zero-order valence-electron chi connectivity index (χ0n) is 20.7. The number of likely N-dealkylation sites (tertiary alicyclic amines) is 1. The fourth-order valence-corrected chi connectivity index (χ4v) is 5.54. The monoisotopic (exact) mass is 489 g/mol. The Hall–Kier alpha value is -3.66. The van der Waals surface area contributed by atoms with E-state index in [-0.39, 0.29) is 23.5 Å². The van der Waals surface area contributed by atoms with Crippen LogP contribution >= 0.6 is 0 Å². The molecule has 2 aromatic heterocycles. The highest BCUT2D eigenvalue weighted by molar-refractivity contribution is 6.01. The fourth-order valence-electron chi connectivity index (χ4n) is 5.54. The number of aromatic nitrogens is 3. The number of likely N-dealkylation sites (N-methyl/N-ethyl adjacent to an activating group) is 1. The summed E-state index contributed by atoms with van der Waals surface area (Å²) in [5, 5.41) is 11.7. The van der Waals surface area contributed by atoms with E-state index in [0.717, 1.165) is 60.3 Å². The minimum absolute atomic E-state index is 0.0105. The third-order valence-electron chi connectivity index (χ3n) is 7.85. The van der Waals surface area contributed by atoms with Crippen LogP contribution < -0.4 is 10.6 Å². The maximum Gasteiger partial charge on any atom is 0.322 e. The van der Waals surface area contributed by atoms with E-state index >= 15 is 0 Å². The zero-order valence-corrected chi connectivity index (χ0v) is 20.7. The van der Waals surface area contributed by atoms with Gasteiger partial charge < -0.3 is 25.2 Å². The van der Waals surface area contributed by atoms with Crippen LogP contribution in [0.5, 0.6) is 0 Å². The maximum absolute atomic E-state index is 12.8. The second-order valence-corrected chi connectivity index (χ2v) is 10.0. The van der Waals surface area contributed by atoms with Crippen LogP contribution in [0.1, 0.15) is 25.5 Å². The molecule has 10 heteroatoms. The number of amides is 4. The Morgan fingerprint density at radius 2 is 2.06 bits per heavy atom. The van der Waals surface area contributed by atoms with E-state index in [2.05, 4.69) is 26.4 Å². The molecule has 4 amide bonds. The van der Waals surface area contributed by atoms with Gasteiger partial charge >= 0.3 is 12.1 Å². The predicted octanol–water partition coefficient (Wildman–Crippen LogP) is 3.04. The third-order valence-corrected chi connectivity index (χ3v) is 7.85. The summed E-state index contributed by atoms with van der Waals surface area (Å²) in [5.41, 5.74) is 4.43. The standard InChI is InChI=1S/C26H31N7O3/c1-3-27-24(34)32-9-7-26(16-32)8-10-33-23(26)12-22(30-33)17-11-19-20(28-13-17)5-4-6-21(19)29-25(35)31(2)18-14-36-15-18/h4-6,11-13,18H,3,7-10,14-16H2,1-2H3,(H,27,34)(H,29,35). The topological polar surface area (TPSA) is 105 Å². The summed E-state index contributed by atoms with van der Waals surface area (Å²) in [4.78, 5) is 33.5. The van der Waals surface area contributed by atoms with Crippen LogP contribution in [0, 0.1) is 0 Å². The Morgan fingerprint density at radius 1 is 1.22 bits per heavy atom. The third kappa shape index (κ3) is 3.76. The van der Waals surface area contributed by atoms with Crippen molar-refractivity contribution in [2.24, 2.45) is 0 Å². The second kappa shape index (κ2) is 8.77. The summed E-state index contributed by atoms with van der Waals surface area (Å²) in [6.07, 6.45) is 3.78. The van der Waals surface area contributed by atoms with E-state index in [1.54, 1.807) is 11.9 Å². The number of benzene rings is 1. The van der Waals surface area contributed by atoms with E-state index in [1.165, 1.54) is 5.69 Å². The van der Waals surface area contributed by atoms with Gasteiger partial charge in [-0.3, -0.25) is 9.67 Å². The van der Waals surface area contributed by atoms with Crippen LogP contribution in [0.4, 0.5) is 15.3 Å². The lowest BCUT2D eigenvalue weighted by molar-refractivity contribution is -0.0401. The van der Waals surface area contributed by atoms with Crippen molar-refractivity contribution < 1.29 is 14.3 Å². The number of urea groups is 2. The number of pyridine rings is 1. The highest BCUT2D eigenvalue weighted by Gasteiger charge is 2.46. The van der Waals surface area contributed by atoms with Gasteiger partial charge in [0.15, 0.2) is 0 Å². The molecule has 6 rings (SSSR count). The number of nitrogens with zero attached hydrogens (tertiary/aromatic N) is 5. The van der Waals surface area contributed by atoms with Gasteiger partial charge in [0.05, 0.1) is 36.2 Å². The average Bonchev–Trinajstić information content (AvgIpc) is 3.55. The van der Waals surface area contributed by atoms with Crippen molar-refractivity contribution in [3.05, 3.63) is 42.2 Å². The molecule has 1 unspecified atom stereocenters. The Morgan fingerprint density at radius 3 is 2.83 bits per heavy atom. The lowest BCUT2D eigenvalue weighted by Gasteiger charge is -2.34. The summed E-state index contributed by atoms with van der Waals surface area (Å²) < 4.78 is 7.30. The second-order valence-electron chi connectivity index (χ2n) is 10.0. The van der Waals surface area contributed by atoms with Crippen molar-refractivity contribution in [2.75, 3.05) is 45.2 Å². The molecular formula is C26H31N7O3. The van der Waals surface area contributed by atoms with Crippen molar-refractivity contribution in [3.8, 4) is 11.3 Å². The number of fused-ring (bicyclic) bond motifs is 3. The van der Waals surface area contributed by atoms with Crippen LogP contribution in [0.15, 0.2) is 36.5 Å². The summed E-state index contributed by atoms with van der Waals surface area (Å²) in [5.74, 6) is 0. The molecule has 0 saturated carbocycles. The first kappa shape index (κ1) is 22.8. The van der Waals surface area contributed by atoms with Crippen LogP contribution in [0.2, 0.25) is 0 Å². The largest absolute Gasteiger partial charge is 0.377 e. The first-order valence-electron chi connectivity index (χ1n) is 12.6. The lowest BCUT2D eigenvalue weighted by atomic mass is 9.82. The number of carbonyl (C=O) groups excluding carboxylic acids is 2. The number of carbonyl (C=O) groups is 2. The molecule has 0 bridgehead atoms. The normalized spacial score (nSPS) is 21.0. The van der Waals surface area contributed by atoms with Crippen LogP contribution in [-0.4, -0.2) is 82.6 Å². The van der Waals surface area contributed by atoms with Gasteiger partial charge in [-0.25, -0.2) is 9.59 Å². The molecule has 188 valence electrons. The summed E-state index contributed by atoms with van der Waals surface area (Å²) in [6.45, 7) is 6.03. The number of anilines is 1. The Kier molecular flexibility index (Phi) is 5.55. The molecule has 0 aliphatic carbocycles. The quantitative estimate of drug-likeness (QED) is 0.586. The SMILES string of the molecule is CCNC(=O)N1CCC2(CCn3nc(-c4cnc5cccc(NC(=O)N(C)C6COC6)c5c4)cc32)C1. The highest BCUT2D eigenvalue weighted by Crippen LogP contribution is 2.44. The predicted molar refractivity (Wildman–Crippen MR) is 136 cm³/mol. The van der Waals surface area contributed by atoms with Crippen molar-refractivity contribution in [1.82, 2.24) is 29.9 Å². The van der Waals surface area contributed by atoms with Gasteiger partial charge in [-0.2, -0.15) is 5.10 Å². The molecule has 10 nitrogen and oxygen atoms in total. The Labute approximate surface area is 209 Å². The van der Waals surface area contributed by atoms with Crippen molar-refractivity contribution in [2.45, 2.75) is 37.8 Å². The van der Waals surface area contributed by atoms with Gasteiger partial charge in [0.2, 0.25) is 0 Å². The average molecular weight is 490 g/mol. The van der Waals surface area contributed by atoms with Gasteiger partial charge in [-0.15, -0.1) is 0 Å². The Bertz CT molecular complexity index is 1330. The first-order valence-corrected chi connectivity index (χ1v) is 12.6. The van der Waals surface area contributed by atoms with E-state index < -0.39 is 0 Å². The number of aryl methyl sites for hydroxylation is 1. The smallest absolute Gasteiger partial charge is 0.322 e. The van der Waals surface area contributed by atoms with Crippen LogP contribution in [-0.2, 0) is 16.7 Å². The summed E-state index contributed by atoms with van der Waals surface area (Å²) >= 11 is 0. The zero-order chi connectivity index (χ0) is 24.9. The van der Waals surface area contributed by atoms with Gasteiger partial charge in [0.25, 0.3) is 0 Å².